The Balaban J connectivity index is 2.06. The average molecular weight is 433 g/mol. The molecular weight excluding hydrogens is 412 g/mol. The van der Waals surface area contributed by atoms with Gasteiger partial charge >= 0.3 is 10.1 Å². The second kappa shape index (κ2) is 8.48. The van der Waals surface area contributed by atoms with Gasteiger partial charge in [0, 0.05) is 0 Å². The number of thiol groups is 1. The minimum absolute atomic E-state index is 0.0596. The Labute approximate surface area is 182 Å². The van der Waals surface area contributed by atoms with Crippen LogP contribution in [0.4, 0.5) is 0 Å². The lowest BCUT2D eigenvalue weighted by Crippen LogP contribution is -2.31. The Morgan fingerprint density at radius 1 is 0.533 bits per heavy atom. The van der Waals surface area contributed by atoms with Crippen LogP contribution >= 0.6 is 12.9 Å². The lowest BCUT2D eigenvalue weighted by Gasteiger charge is -2.36. The van der Waals surface area contributed by atoms with E-state index in [1.54, 1.807) is 12.1 Å². The van der Waals surface area contributed by atoms with Gasteiger partial charge in [-0.2, -0.15) is 12.0 Å². The van der Waals surface area contributed by atoms with Crippen LogP contribution in [0.5, 0.6) is 0 Å². The van der Waals surface area contributed by atoms with Crippen LogP contribution in [0.3, 0.4) is 0 Å². The minimum atomic E-state index is -3.89. The molecule has 0 atom stereocenters. The Hall–Kier alpha value is -2.86. The molecule has 0 heterocycles. The summed E-state index contributed by atoms with van der Waals surface area (Å²) in [5.41, 5.74) is 3.59. The molecule has 4 rings (SSSR count). The van der Waals surface area contributed by atoms with E-state index in [0.29, 0.717) is 0 Å². The molecule has 5 heteroatoms. The van der Waals surface area contributed by atoms with Gasteiger partial charge in [-0.3, -0.25) is 0 Å². The first-order valence-corrected chi connectivity index (χ1v) is 11.2. The summed E-state index contributed by atoms with van der Waals surface area (Å²) in [5, 5.41) is 0. The summed E-state index contributed by atoms with van der Waals surface area (Å²) >= 11 is 3.48. The van der Waals surface area contributed by atoms with Crippen molar-refractivity contribution < 1.29 is 12.0 Å². The molecule has 4 aromatic carbocycles. The summed E-state index contributed by atoms with van der Waals surface area (Å²) in [5.74, 6) is 0. The quantitative estimate of drug-likeness (QED) is 0.244. The van der Waals surface area contributed by atoms with Gasteiger partial charge < -0.3 is 0 Å². The van der Waals surface area contributed by atoms with Crippen molar-refractivity contribution in [3.63, 3.8) is 0 Å². The van der Waals surface area contributed by atoms with Crippen molar-refractivity contribution in [2.24, 2.45) is 0 Å². The largest absolute Gasteiger partial charge is 0.307 e. The zero-order chi connectivity index (χ0) is 21.0. The van der Waals surface area contributed by atoms with Crippen molar-refractivity contribution in [3.05, 3.63) is 138 Å². The van der Waals surface area contributed by atoms with Crippen LogP contribution in [0.25, 0.3) is 0 Å². The molecule has 0 radical (unpaired) electrons. The standard InChI is InChI=1S/C25H20O3S2/c26-30(27,28-29)24-18-16-23(17-19-24)25(20-10-4-1-5-11-20,21-12-6-2-7-13-21)22-14-8-3-9-15-22/h1-19,29H. The molecule has 0 fully saturated rings. The molecule has 0 spiro atoms. The normalized spacial score (nSPS) is 11.9. The van der Waals surface area contributed by atoms with Crippen LogP contribution in [0.15, 0.2) is 120 Å². The molecule has 4 aromatic rings. The fraction of sp³-hybridized carbons (Fsp3) is 0.0400. The predicted octanol–water partition coefficient (Wildman–Crippen LogP) is 5.62. The highest BCUT2D eigenvalue weighted by Crippen LogP contribution is 2.45. The van der Waals surface area contributed by atoms with Crippen LogP contribution in [-0.2, 0) is 19.2 Å². The van der Waals surface area contributed by atoms with Crippen molar-refractivity contribution in [2.75, 3.05) is 0 Å². The van der Waals surface area contributed by atoms with Crippen molar-refractivity contribution in [1.29, 1.82) is 0 Å². The van der Waals surface area contributed by atoms with Crippen LogP contribution < -0.4 is 0 Å². The van der Waals surface area contributed by atoms with Gasteiger partial charge in [0.1, 0.15) is 0 Å². The SMILES string of the molecule is O=S(=O)(OS)c1ccc(C(c2ccccc2)(c2ccccc2)c2ccccc2)cc1. The van der Waals surface area contributed by atoms with Gasteiger partial charge in [0.05, 0.1) is 10.3 Å². The monoisotopic (exact) mass is 432 g/mol. The van der Waals surface area contributed by atoms with Gasteiger partial charge in [0.15, 0.2) is 0 Å². The molecule has 0 bridgehead atoms. The van der Waals surface area contributed by atoms with Crippen LogP contribution in [-0.4, -0.2) is 8.42 Å². The highest BCUT2D eigenvalue weighted by Gasteiger charge is 2.38. The minimum Gasteiger partial charge on any atom is -0.197 e. The molecule has 0 aliphatic rings. The third-order valence-corrected chi connectivity index (χ3v) is 6.93. The van der Waals surface area contributed by atoms with E-state index < -0.39 is 15.5 Å². The topological polar surface area (TPSA) is 43.4 Å². The Morgan fingerprint density at radius 2 is 0.867 bits per heavy atom. The van der Waals surface area contributed by atoms with Gasteiger partial charge in [-0.25, -0.2) is 0 Å². The fourth-order valence-corrected chi connectivity index (χ4v) is 4.79. The van der Waals surface area contributed by atoms with Gasteiger partial charge in [0.25, 0.3) is 0 Å². The summed E-state index contributed by atoms with van der Waals surface area (Å²) in [7, 11) is -3.89. The molecule has 0 saturated heterocycles. The van der Waals surface area contributed by atoms with E-state index in [0.717, 1.165) is 22.3 Å². The Bertz CT molecular complexity index is 1110. The molecule has 3 nitrogen and oxygen atoms in total. The lowest BCUT2D eigenvalue weighted by molar-refractivity contribution is 0.521. The average Bonchev–Trinajstić information content (AvgIpc) is 2.82. The summed E-state index contributed by atoms with van der Waals surface area (Å²) in [6.45, 7) is 0. The van der Waals surface area contributed by atoms with E-state index in [1.807, 2.05) is 66.7 Å². The summed E-state index contributed by atoms with van der Waals surface area (Å²) < 4.78 is 28.5. The second-order valence-corrected chi connectivity index (χ2v) is 8.88. The molecule has 0 N–H and O–H groups in total. The lowest BCUT2D eigenvalue weighted by atomic mass is 9.65. The highest BCUT2D eigenvalue weighted by atomic mass is 32.3. The third kappa shape index (κ3) is 3.56. The zero-order valence-electron chi connectivity index (χ0n) is 16.0. The van der Waals surface area contributed by atoms with Crippen molar-refractivity contribution in [3.8, 4) is 0 Å². The summed E-state index contributed by atoms with van der Waals surface area (Å²) in [6.07, 6.45) is 0. The maximum atomic E-state index is 12.1. The highest BCUT2D eigenvalue weighted by molar-refractivity contribution is 7.95. The molecule has 0 aliphatic carbocycles. The number of benzene rings is 4. The molecule has 150 valence electrons. The van der Waals surface area contributed by atoms with E-state index in [2.05, 4.69) is 52.9 Å². The van der Waals surface area contributed by atoms with Crippen molar-refractivity contribution in [1.82, 2.24) is 0 Å². The molecule has 0 saturated carbocycles. The van der Waals surface area contributed by atoms with Gasteiger partial charge in [0.2, 0.25) is 0 Å². The second-order valence-electron chi connectivity index (χ2n) is 6.90. The first-order chi connectivity index (χ1) is 14.6. The molecule has 30 heavy (non-hydrogen) atoms. The third-order valence-electron chi connectivity index (χ3n) is 5.29. The first kappa shape index (κ1) is 20.4. The zero-order valence-corrected chi connectivity index (χ0v) is 17.8. The molecule has 0 amide bonds. The van der Waals surface area contributed by atoms with Gasteiger partial charge in [-0.15, -0.1) is 0 Å². The molecule has 0 unspecified atom stereocenters. The van der Waals surface area contributed by atoms with Crippen LogP contribution in [0, 0.1) is 0 Å². The van der Waals surface area contributed by atoms with Crippen LogP contribution in [0.1, 0.15) is 22.3 Å². The van der Waals surface area contributed by atoms with E-state index >= 15 is 0 Å². The summed E-state index contributed by atoms with van der Waals surface area (Å²) in [6, 6.07) is 37.5. The van der Waals surface area contributed by atoms with Crippen molar-refractivity contribution in [2.45, 2.75) is 10.3 Å². The molecule has 0 aromatic heterocycles. The van der Waals surface area contributed by atoms with Gasteiger partial charge in [-0.05, 0) is 47.3 Å². The smallest absolute Gasteiger partial charge is 0.197 e. The van der Waals surface area contributed by atoms with E-state index in [1.165, 1.54) is 0 Å². The predicted molar refractivity (Wildman–Crippen MR) is 122 cm³/mol. The number of hydrogen-bond donors (Lipinski definition) is 1. The van der Waals surface area contributed by atoms with Crippen LogP contribution in [0.2, 0.25) is 0 Å². The number of rotatable bonds is 6. The maximum absolute atomic E-state index is 12.1. The fourth-order valence-electron chi connectivity index (χ4n) is 3.98. The number of hydrogen-bond acceptors (Lipinski definition) is 4. The van der Waals surface area contributed by atoms with E-state index in [4.69, 9.17) is 0 Å². The first-order valence-electron chi connectivity index (χ1n) is 9.44. The molecular formula is C25H20O3S2. The summed E-state index contributed by atoms with van der Waals surface area (Å²) in [4.78, 5) is 0.0596. The Morgan fingerprint density at radius 3 is 1.20 bits per heavy atom. The van der Waals surface area contributed by atoms with Crippen molar-refractivity contribution >= 4 is 23.0 Å². The Kier molecular flexibility index (Phi) is 5.77. The maximum Gasteiger partial charge on any atom is 0.307 e. The van der Waals surface area contributed by atoms with E-state index in [-0.39, 0.29) is 4.90 Å². The van der Waals surface area contributed by atoms with E-state index in [9.17, 15) is 8.42 Å². The molecule has 0 aliphatic heterocycles. The van der Waals surface area contributed by atoms with Gasteiger partial charge in [-0.1, -0.05) is 103 Å².